The molecular weight excluding hydrogens is 228 g/mol. The number of methoxy groups -OCH3 is 1. The van der Waals surface area contributed by atoms with Gasteiger partial charge in [0.2, 0.25) is 0 Å². The molecule has 0 heterocycles. The lowest BCUT2D eigenvalue weighted by Gasteiger charge is -2.24. The first-order chi connectivity index (χ1) is 8.25. The first kappa shape index (κ1) is 14.6. The number of benzene rings is 1. The first-order valence-corrected chi connectivity index (χ1v) is 6.16. The highest BCUT2D eigenvalue weighted by molar-refractivity contribution is 5.68. The van der Waals surface area contributed by atoms with Crippen LogP contribution in [0.25, 0.3) is 0 Å². The summed E-state index contributed by atoms with van der Waals surface area (Å²) >= 11 is 0. The maximum atomic E-state index is 10.8. The maximum Gasteiger partial charge on any atom is 0.303 e. The molecule has 0 amide bonds. The van der Waals surface area contributed by atoms with Crippen LogP contribution in [-0.4, -0.2) is 18.2 Å². The van der Waals surface area contributed by atoms with Gasteiger partial charge in [0.05, 0.1) is 13.5 Å². The highest BCUT2D eigenvalue weighted by Gasteiger charge is 2.21. The Bertz CT molecular complexity index is 430. The Balaban J connectivity index is 3.14. The largest absolute Gasteiger partial charge is 0.496 e. The zero-order valence-corrected chi connectivity index (χ0v) is 11.8. The monoisotopic (exact) mass is 250 g/mol. The van der Waals surface area contributed by atoms with Gasteiger partial charge < -0.3 is 9.84 Å². The Labute approximate surface area is 109 Å². The first-order valence-electron chi connectivity index (χ1n) is 6.16. The lowest BCUT2D eigenvalue weighted by Crippen LogP contribution is -2.14. The predicted molar refractivity (Wildman–Crippen MR) is 72.4 cm³/mol. The summed E-state index contributed by atoms with van der Waals surface area (Å²) < 4.78 is 5.37. The van der Waals surface area contributed by atoms with Crippen molar-refractivity contribution < 1.29 is 14.6 Å². The van der Waals surface area contributed by atoms with Gasteiger partial charge in [0.15, 0.2) is 0 Å². The molecule has 100 valence electrons. The predicted octanol–water partition coefficient (Wildman–Crippen LogP) is 3.57. The van der Waals surface area contributed by atoms with Gasteiger partial charge >= 0.3 is 5.97 Å². The van der Waals surface area contributed by atoms with Gasteiger partial charge in [0, 0.05) is 0 Å². The molecule has 0 saturated heterocycles. The summed E-state index contributed by atoms with van der Waals surface area (Å²) in [5, 5.41) is 8.85. The normalized spacial score (nSPS) is 13.2. The average Bonchev–Trinajstić information content (AvgIpc) is 2.26. The highest BCUT2D eigenvalue weighted by Crippen LogP contribution is 2.34. The zero-order chi connectivity index (χ0) is 13.9. The molecule has 3 nitrogen and oxygen atoms in total. The topological polar surface area (TPSA) is 46.5 Å². The third kappa shape index (κ3) is 3.49. The van der Waals surface area contributed by atoms with E-state index in [1.807, 2.05) is 19.1 Å². The molecule has 1 aromatic rings. The minimum Gasteiger partial charge on any atom is -0.496 e. The van der Waals surface area contributed by atoms with Gasteiger partial charge in [-0.3, -0.25) is 4.79 Å². The van der Waals surface area contributed by atoms with E-state index in [-0.39, 0.29) is 17.8 Å². The van der Waals surface area contributed by atoms with Crippen LogP contribution in [0.15, 0.2) is 18.2 Å². The van der Waals surface area contributed by atoms with Gasteiger partial charge in [-0.2, -0.15) is 0 Å². The summed E-state index contributed by atoms with van der Waals surface area (Å²) in [6.07, 6.45) is 0.149. The van der Waals surface area contributed by atoms with Crippen molar-refractivity contribution in [2.45, 2.75) is 45.4 Å². The minimum absolute atomic E-state index is 0.00880. The van der Waals surface area contributed by atoms with E-state index in [1.54, 1.807) is 7.11 Å². The second-order valence-electron chi connectivity index (χ2n) is 5.71. The molecule has 0 aromatic heterocycles. The Morgan fingerprint density at radius 3 is 2.44 bits per heavy atom. The number of aliphatic carboxylic acids is 1. The molecule has 1 aromatic carbocycles. The van der Waals surface area contributed by atoms with Gasteiger partial charge in [-0.15, -0.1) is 0 Å². The minimum atomic E-state index is -0.768. The van der Waals surface area contributed by atoms with Crippen molar-refractivity contribution in [3.63, 3.8) is 0 Å². The van der Waals surface area contributed by atoms with E-state index in [2.05, 4.69) is 26.8 Å². The van der Waals surface area contributed by atoms with Crippen LogP contribution >= 0.6 is 0 Å². The molecule has 1 atom stereocenters. The Morgan fingerprint density at radius 2 is 2.00 bits per heavy atom. The van der Waals surface area contributed by atoms with Crippen molar-refractivity contribution in [2.75, 3.05) is 7.11 Å². The van der Waals surface area contributed by atoms with Crippen LogP contribution in [0.3, 0.4) is 0 Å². The van der Waals surface area contributed by atoms with Crippen LogP contribution in [0.1, 0.15) is 51.2 Å². The standard InChI is InChI=1S/C15H22O3/c1-10(8-14(16)17)11-6-7-13(18-5)12(9-11)15(2,3)4/h6-7,9-10H,8H2,1-5H3,(H,16,17). The summed E-state index contributed by atoms with van der Waals surface area (Å²) in [5.41, 5.74) is 2.13. The third-order valence-electron chi connectivity index (χ3n) is 3.08. The van der Waals surface area contributed by atoms with Gasteiger partial charge in [-0.1, -0.05) is 39.8 Å². The summed E-state index contributed by atoms with van der Waals surface area (Å²) in [6.45, 7) is 8.30. The Morgan fingerprint density at radius 1 is 1.39 bits per heavy atom. The smallest absolute Gasteiger partial charge is 0.303 e. The Hall–Kier alpha value is -1.51. The Kier molecular flexibility index (Phi) is 4.38. The van der Waals surface area contributed by atoms with E-state index in [4.69, 9.17) is 9.84 Å². The van der Waals surface area contributed by atoms with Gasteiger partial charge in [-0.05, 0) is 28.5 Å². The fourth-order valence-electron chi connectivity index (χ4n) is 2.00. The average molecular weight is 250 g/mol. The number of carbonyl (C=O) groups is 1. The summed E-state index contributed by atoms with van der Waals surface area (Å²) in [4.78, 5) is 10.8. The van der Waals surface area contributed by atoms with Crippen LogP contribution in [0.4, 0.5) is 0 Å². The van der Waals surface area contributed by atoms with Crippen LogP contribution in [0.2, 0.25) is 0 Å². The summed E-state index contributed by atoms with van der Waals surface area (Å²) in [7, 11) is 1.66. The second-order valence-corrected chi connectivity index (χ2v) is 5.71. The van der Waals surface area contributed by atoms with E-state index >= 15 is 0 Å². The summed E-state index contributed by atoms with van der Waals surface area (Å²) in [6, 6.07) is 5.93. The summed E-state index contributed by atoms with van der Waals surface area (Å²) in [5.74, 6) is 0.0962. The SMILES string of the molecule is COc1ccc(C(C)CC(=O)O)cc1C(C)(C)C. The fourth-order valence-corrected chi connectivity index (χ4v) is 2.00. The van der Waals surface area contributed by atoms with Crippen LogP contribution in [-0.2, 0) is 10.2 Å². The molecule has 0 fully saturated rings. The molecule has 0 radical (unpaired) electrons. The molecule has 1 N–H and O–H groups in total. The molecule has 18 heavy (non-hydrogen) atoms. The fraction of sp³-hybridized carbons (Fsp3) is 0.533. The number of carboxylic acids is 1. The van der Waals surface area contributed by atoms with E-state index < -0.39 is 5.97 Å². The third-order valence-corrected chi connectivity index (χ3v) is 3.08. The van der Waals surface area contributed by atoms with Gasteiger partial charge in [-0.25, -0.2) is 0 Å². The van der Waals surface area contributed by atoms with Crippen molar-refractivity contribution in [3.8, 4) is 5.75 Å². The van der Waals surface area contributed by atoms with E-state index in [1.165, 1.54) is 0 Å². The van der Waals surface area contributed by atoms with Gasteiger partial charge in [0.25, 0.3) is 0 Å². The molecule has 1 unspecified atom stereocenters. The van der Waals surface area contributed by atoms with Crippen molar-refractivity contribution >= 4 is 5.97 Å². The van der Waals surface area contributed by atoms with Crippen LogP contribution in [0.5, 0.6) is 5.75 Å². The molecule has 0 spiro atoms. The molecular formula is C15H22O3. The van der Waals surface area contributed by atoms with E-state index in [9.17, 15) is 4.79 Å². The molecule has 1 rings (SSSR count). The van der Waals surface area contributed by atoms with Crippen molar-refractivity contribution in [1.82, 2.24) is 0 Å². The number of hydrogen-bond acceptors (Lipinski definition) is 2. The molecule has 0 aliphatic heterocycles. The zero-order valence-electron chi connectivity index (χ0n) is 11.8. The number of hydrogen-bond donors (Lipinski definition) is 1. The maximum absolute atomic E-state index is 10.8. The van der Waals surface area contributed by atoms with Gasteiger partial charge in [0.1, 0.15) is 5.75 Å². The van der Waals surface area contributed by atoms with E-state index in [0.717, 1.165) is 16.9 Å². The lowest BCUT2D eigenvalue weighted by molar-refractivity contribution is -0.137. The molecule has 0 saturated carbocycles. The quantitative estimate of drug-likeness (QED) is 0.888. The second kappa shape index (κ2) is 5.42. The van der Waals surface area contributed by atoms with Crippen LogP contribution < -0.4 is 4.74 Å². The van der Waals surface area contributed by atoms with Crippen LogP contribution in [0, 0.1) is 0 Å². The number of carboxylic acid groups (broad SMARTS) is 1. The highest BCUT2D eigenvalue weighted by atomic mass is 16.5. The lowest BCUT2D eigenvalue weighted by atomic mass is 9.83. The molecule has 3 heteroatoms. The van der Waals surface area contributed by atoms with Crippen molar-refractivity contribution in [1.29, 1.82) is 0 Å². The molecule has 0 aliphatic carbocycles. The van der Waals surface area contributed by atoms with Crippen molar-refractivity contribution in [3.05, 3.63) is 29.3 Å². The van der Waals surface area contributed by atoms with E-state index in [0.29, 0.717) is 0 Å². The molecule has 0 aliphatic rings. The number of rotatable bonds is 4. The molecule has 0 bridgehead atoms. The van der Waals surface area contributed by atoms with Crippen molar-refractivity contribution in [2.24, 2.45) is 0 Å². The number of ether oxygens (including phenoxy) is 1.